The number of nitrogens with zero attached hydrogens (tertiary/aromatic N) is 4. The number of rotatable bonds is 3. The summed E-state index contributed by atoms with van der Waals surface area (Å²) in [5.41, 5.74) is 5.47. The lowest BCUT2D eigenvalue weighted by Crippen LogP contribution is -1.95. The summed E-state index contributed by atoms with van der Waals surface area (Å²) in [7, 11) is 1.87. The predicted molar refractivity (Wildman–Crippen MR) is 62.1 cm³/mol. The Bertz CT molecular complexity index is 466. The number of hydrogen-bond acceptors (Lipinski definition) is 6. The van der Waals surface area contributed by atoms with Gasteiger partial charge in [-0.05, 0) is 0 Å². The van der Waals surface area contributed by atoms with Gasteiger partial charge in [-0.2, -0.15) is 0 Å². The van der Waals surface area contributed by atoms with Crippen LogP contribution in [-0.2, 0) is 12.8 Å². The molecule has 0 aliphatic rings. The molecule has 0 aliphatic carbocycles. The number of aromatic nitrogens is 4. The lowest BCUT2D eigenvalue weighted by molar-refractivity contribution is 0.849. The number of anilines is 1. The summed E-state index contributed by atoms with van der Waals surface area (Å²) in [6.07, 6.45) is 1.63. The number of nitrogen functional groups attached to an aromatic ring is 1. The molecule has 15 heavy (non-hydrogen) atoms. The predicted octanol–water partition coefficient (Wildman–Crippen LogP) is 1.80. The zero-order valence-corrected chi connectivity index (χ0v) is 10.2. The highest BCUT2D eigenvalue weighted by Crippen LogP contribution is 2.26. The maximum atomic E-state index is 5.86. The average Bonchev–Trinajstić information content (AvgIpc) is 2.74. The van der Waals surface area contributed by atoms with Crippen molar-refractivity contribution in [3.05, 3.63) is 17.2 Å². The van der Waals surface area contributed by atoms with E-state index in [2.05, 4.69) is 15.2 Å². The molecule has 5 nitrogen and oxygen atoms in total. The number of hydrogen-bond donors (Lipinski definition) is 1. The van der Waals surface area contributed by atoms with E-state index in [-0.39, 0.29) is 0 Å². The molecule has 0 spiro atoms. The summed E-state index contributed by atoms with van der Waals surface area (Å²) >= 11 is 8.77. The lowest BCUT2D eigenvalue weighted by Gasteiger charge is -1.99. The number of halogens is 1. The normalized spacial score (nSPS) is 10.8. The van der Waals surface area contributed by atoms with Crippen LogP contribution in [0.4, 0.5) is 5.13 Å². The first-order valence-electron chi connectivity index (χ1n) is 4.04. The van der Waals surface area contributed by atoms with Gasteiger partial charge in [0.25, 0.3) is 0 Å². The van der Waals surface area contributed by atoms with Gasteiger partial charge in [-0.3, -0.25) is 0 Å². The molecule has 2 aromatic rings. The Morgan fingerprint density at radius 2 is 2.40 bits per heavy atom. The summed E-state index contributed by atoms with van der Waals surface area (Å²) in [6, 6.07) is 0. The molecule has 0 atom stereocenters. The molecule has 0 unspecified atom stereocenters. The topological polar surface area (TPSA) is 69.6 Å². The summed E-state index contributed by atoms with van der Waals surface area (Å²) in [6.45, 7) is 0. The molecule has 2 aromatic heterocycles. The van der Waals surface area contributed by atoms with Gasteiger partial charge in [0, 0.05) is 7.05 Å². The second-order valence-corrected chi connectivity index (χ2v) is 5.37. The van der Waals surface area contributed by atoms with Gasteiger partial charge >= 0.3 is 0 Å². The smallest absolute Gasteiger partial charge is 0.203 e. The van der Waals surface area contributed by atoms with Crippen LogP contribution in [0, 0.1) is 0 Å². The molecule has 0 bridgehead atoms. The van der Waals surface area contributed by atoms with E-state index in [0.717, 1.165) is 10.2 Å². The monoisotopic (exact) mass is 261 g/mol. The van der Waals surface area contributed by atoms with Gasteiger partial charge in [0.2, 0.25) is 5.13 Å². The Morgan fingerprint density at radius 3 is 2.93 bits per heavy atom. The highest BCUT2D eigenvalue weighted by atomic mass is 35.5. The Labute approximate surface area is 99.7 Å². The molecule has 2 heterocycles. The Kier molecular flexibility index (Phi) is 3.13. The van der Waals surface area contributed by atoms with Crippen LogP contribution in [0.2, 0.25) is 5.15 Å². The van der Waals surface area contributed by atoms with Gasteiger partial charge in [0.1, 0.15) is 11.0 Å². The van der Waals surface area contributed by atoms with Crippen molar-refractivity contribution in [3.63, 3.8) is 0 Å². The van der Waals surface area contributed by atoms with Crippen LogP contribution in [0.15, 0.2) is 10.5 Å². The van der Waals surface area contributed by atoms with Crippen molar-refractivity contribution in [3.8, 4) is 0 Å². The SMILES string of the molecule is Cn1c(Cl)cnc1CSc1nnc(N)s1. The molecule has 2 N–H and O–H groups in total. The Balaban J connectivity index is 2.02. The van der Waals surface area contributed by atoms with E-state index in [0.29, 0.717) is 16.0 Å². The quantitative estimate of drug-likeness (QED) is 0.854. The molecule has 8 heteroatoms. The maximum absolute atomic E-state index is 5.86. The molecule has 0 saturated heterocycles. The largest absolute Gasteiger partial charge is 0.374 e. The Morgan fingerprint density at radius 1 is 1.60 bits per heavy atom. The first kappa shape index (κ1) is 10.7. The van der Waals surface area contributed by atoms with Crippen LogP contribution in [0.25, 0.3) is 0 Å². The van der Waals surface area contributed by atoms with Crippen molar-refractivity contribution in [2.24, 2.45) is 7.05 Å². The standard InChI is InChI=1S/C7H8ClN5S2/c1-13-4(8)2-10-5(13)3-14-7-12-11-6(9)15-7/h2H,3H2,1H3,(H2,9,11). The maximum Gasteiger partial charge on any atom is 0.203 e. The molecule has 0 amide bonds. The second-order valence-electron chi connectivity index (χ2n) is 2.75. The van der Waals surface area contributed by atoms with Crippen LogP contribution in [0.5, 0.6) is 0 Å². The van der Waals surface area contributed by atoms with E-state index >= 15 is 0 Å². The highest BCUT2D eigenvalue weighted by Gasteiger charge is 2.07. The zero-order valence-electron chi connectivity index (χ0n) is 7.85. The zero-order chi connectivity index (χ0) is 10.8. The third-order valence-electron chi connectivity index (χ3n) is 1.77. The van der Waals surface area contributed by atoms with Gasteiger partial charge in [0.05, 0.1) is 11.9 Å². The van der Waals surface area contributed by atoms with Crippen molar-refractivity contribution in [2.45, 2.75) is 10.1 Å². The fraction of sp³-hybridized carbons (Fsp3) is 0.286. The minimum Gasteiger partial charge on any atom is -0.374 e. The van der Waals surface area contributed by atoms with Crippen molar-refractivity contribution >= 4 is 39.8 Å². The van der Waals surface area contributed by atoms with Crippen LogP contribution in [0.3, 0.4) is 0 Å². The van der Waals surface area contributed by atoms with Crippen molar-refractivity contribution in [1.82, 2.24) is 19.7 Å². The minimum absolute atomic E-state index is 0.482. The van der Waals surface area contributed by atoms with Crippen molar-refractivity contribution < 1.29 is 0 Å². The third kappa shape index (κ3) is 2.42. The van der Waals surface area contributed by atoms with E-state index in [1.165, 1.54) is 11.3 Å². The minimum atomic E-state index is 0.482. The van der Waals surface area contributed by atoms with E-state index in [9.17, 15) is 0 Å². The van der Waals surface area contributed by atoms with E-state index in [1.807, 2.05) is 11.6 Å². The fourth-order valence-corrected chi connectivity index (χ4v) is 2.74. The van der Waals surface area contributed by atoms with Gasteiger partial charge in [-0.15, -0.1) is 10.2 Å². The second kappa shape index (κ2) is 4.38. The average molecular weight is 262 g/mol. The Hall–Kier alpha value is -0.790. The molecule has 0 radical (unpaired) electrons. The van der Waals surface area contributed by atoms with Gasteiger partial charge in [-0.25, -0.2) is 4.98 Å². The van der Waals surface area contributed by atoms with Crippen LogP contribution in [0.1, 0.15) is 5.82 Å². The van der Waals surface area contributed by atoms with Crippen LogP contribution < -0.4 is 5.73 Å². The number of imidazole rings is 1. The summed E-state index contributed by atoms with van der Waals surface area (Å²) < 4.78 is 2.67. The van der Waals surface area contributed by atoms with E-state index in [4.69, 9.17) is 17.3 Å². The molecule has 0 aliphatic heterocycles. The summed E-state index contributed by atoms with van der Waals surface area (Å²) in [4.78, 5) is 4.17. The fourth-order valence-electron chi connectivity index (χ4n) is 0.963. The van der Waals surface area contributed by atoms with Crippen molar-refractivity contribution in [1.29, 1.82) is 0 Å². The molecular formula is C7H8ClN5S2. The van der Waals surface area contributed by atoms with Gasteiger partial charge < -0.3 is 10.3 Å². The summed E-state index contributed by atoms with van der Waals surface area (Å²) in [5, 5.41) is 8.74. The molecule has 2 rings (SSSR count). The first-order valence-corrected chi connectivity index (χ1v) is 6.22. The van der Waals surface area contributed by atoms with Crippen LogP contribution in [-0.4, -0.2) is 19.7 Å². The lowest BCUT2D eigenvalue weighted by atomic mass is 10.7. The van der Waals surface area contributed by atoms with Crippen molar-refractivity contribution in [2.75, 3.05) is 5.73 Å². The molecule has 0 fully saturated rings. The molecule has 80 valence electrons. The van der Waals surface area contributed by atoms with Crippen LogP contribution >= 0.6 is 34.7 Å². The third-order valence-corrected chi connectivity index (χ3v) is 4.01. The van der Waals surface area contributed by atoms with E-state index in [1.54, 1.807) is 18.0 Å². The molecular weight excluding hydrogens is 254 g/mol. The van der Waals surface area contributed by atoms with E-state index < -0.39 is 0 Å². The first-order chi connectivity index (χ1) is 7.16. The van der Waals surface area contributed by atoms with Gasteiger partial charge in [0.15, 0.2) is 4.34 Å². The molecule has 0 saturated carbocycles. The molecule has 0 aromatic carbocycles. The highest BCUT2D eigenvalue weighted by molar-refractivity contribution is 8.00. The number of nitrogens with two attached hydrogens (primary N) is 1. The number of thioether (sulfide) groups is 1. The van der Waals surface area contributed by atoms with Gasteiger partial charge in [-0.1, -0.05) is 34.7 Å². The summed E-state index contributed by atoms with van der Waals surface area (Å²) in [5.74, 6) is 1.61.